The van der Waals surface area contributed by atoms with Gasteiger partial charge in [0.15, 0.2) is 0 Å². The van der Waals surface area contributed by atoms with E-state index in [2.05, 4.69) is 71.4 Å². The fourth-order valence-electron chi connectivity index (χ4n) is 15.1. The number of benzene rings is 3. The molecule has 7 bridgehead atoms. The van der Waals surface area contributed by atoms with Gasteiger partial charge in [0.25, 0.3) is 0 Å². The molecule has 7 atom stereocenters. The van der Waals surface area contributed by atoms with E-state index >= 15 is 0 Å². The lowest BCUT2D eigenvalue weighted by molar-refractivity contribution is 0.00321. The van der Waals surface area contributed by atoms with Crippen molar-refractivity contribution < 1.29 is 4.42 Å². The van der Waals surface area contributed by atoms with Crippen molar-refractivity contribution in [3.8, 4) is 11.1 Å². The van der Waals surface area contributed by atoms with E-state index < -0.39 is 0 Å². The Morgan fingerprint density at radius 2 is 1.27 bits per heavy atom. The van der Waals surface area contributed by atoms with Crippen molar-refractivity contribution in [1.82, 2.24) is 14.4 Å². The van der Waals surface area contributed by atoms with Gasteiger partial charge in [0.05, 0.1) is 28.9 Å². The molecule has 16 rings (SSSR count). The first-order valence-corrected chi connectivity index (χ1v) is 20.1. The highest BCUT2D eigenvalue weighted by Gasteiger charge is 2.66. The summed E-state index contributed by atoms with van der Waals surface area (Å²) in [7, 11) is 0. The molecular formula is C47H39N3O. The van der Waals surface area contributed by atoms with Gasteiger partial charge in [-0.2, -0.15) is 0 Å². The number of pyridine rings is 2. The van der Waals surface area contributed by atoms with Crippen molar-refractivity contribution in [2.45, 2.75) is 87.9 Å². The Morgan fingerprint density at radius 1 is 0.608 bits per heavy atom. The molecule has 4 heteroatoms. The van der Waals surface area contributed by atoms with Crippen molar-refractivity contribution in [2.75, 3.05) is 0 Å². The summed E-state index contributed by atoms with van der Waals surface area (Å²) in [6.45, 7) is 0. The van der Waals surface area contributed by atoms with E-state index in [1.54, 1.807) is 11.1 Å². The number of fused-ring (bicyclic) bond motifs is 15. The van der Waals surface area contributed by atoms with Gasteiger partial charge in [0.1, 0.15) is 11.2 Å². The van der Waals surface area contributed by atoms with Crippen LogP contribution in [0.15, 0.2) is 71.4 Å². The monoisotopic (exact) mass is 661 g/mol. The van der Waals surface area contributed by atoms with Crippen LogP contribution in [0.1, 0.15) is 110 Å². The Bertz CT molecular complexity index is 2900. The number of para-hydroxylation sites is 2. The molecule has 5 aromatic heterocycles. The highest BCUT2D eigenvalue weighted by atomic mass is 16.3. The van der Waals surface area contributed by atoms with Gasteiger partial charge in [-0.15, -0.1) is 0 Å². The number of hydrogen-bond acceptors (Lipinski definition) is 3. The van der Waals surface area contributed by atoms with Crippen molar-refractivity contribution >= 4 is 60.0 Å². The first-order valence-electron chi connectivity index (χ1n) is 20.1. The zero-order valence-electron chi connectivity index (χ0n) is 28.8. The smallest absolute Gasteiger partial charge is 0.143 e. The lowest BCUT2D eigenvalue weighted by Gasteiger charge is -2.48. The van der Waals surface area contributed by atoms with Crippen LogP contribution in [0.25, 0.3) is 71.2 Å². The maximum atomic E-state index is 6.73. The second kappa shape index (κ2) is 8.44. The molecule has 51 heavy (non-hydrogen) atoms. The quantitative estimate of drug-likeness (QED) is 0.176. The molecule has 5 heterocycles. The minimum Gasteiger partial charge on any atom is -0.455 e. The normalized spacial score (nSPS) is 34.0. The summed E-state index contributed by atoms with van der Waals surface area (Å²) < 4.78 is 9.36. The molecule has 0 saturated heterocycles. The Morgan fingerprint density at radius 3 is 2.08 bits per heavy atom. The van der Waals surface area contributed by atoms with E-state index in [1.807, 2.05) is 0 Å². The molecule has 0 N–H and O–H groups in total. The third kappa shape index (κ3) is 2.90. The van der Waals surface area contributed by atoms with Crippen LogP contribution in [-0.4, -0.2) is 14.4 Å². The third-order valence-electron chi connectivity index (χ3n) is 16.6. The number of hydrogen-bond donors (Lipinski definition) is 0. The molecule has 7 unspecified atom stereocenters. The molecule has 8 aliphatic carbocycles. The molecule has 5 saturated carbocycles. The highest BCUT2D eigenvalue weighted by Crippen LogP contribution is 2.76. The van der Waals surface area contributed by atoms with Crippen LogP contribution in [-0.2, 0) is 0 Å². The molecule has 1 spiro atoms. The Hall–Kier alpha value is -4.44. The molecule has 0 radical (unpaired) electrons. The maximum absolute atomic E-state index is 6.73. The Kier molecular flexibility index (Phi) is 4.36. The number of aromatic nitrogens is 3. The van der Waals surface area contributed by atoms with Crippen LogP contribution in [0.4, 0.5) is 0 Å². The Labute approximate surface area is 295 Å². The first-order chi connectivity index (χ1) is 25.2. The summed E-state index contributed by atoms with van der Waals surface area (Å²) in [5, 5.41) is 8.26. The topological polar surface area (TPSA) is 43.3 Å². The lowest BCUT2D eigenvalue weighted by Crippen LogP contribution is -2.41. The average molecular weight is 662 g/mol. The molecule has 0 amide bonds. The molecule has 248 valence electrons. The molecule has 8 aromatic rings. The summed E-state index contributed by atoms with van der Waals surface area (Å²) in [5.41, 5.74) is 15.2. The van der Waals surface area contributed by atoms with Gasteiger partial charge in [-0.3, -0.25) is 9.97 Å². The summed E-state index contributed by atoms with van der Waals surface area (Å²) >= 11 is 0. The third-order valence-corrected chi connectivity index (χ3v) is 16.6. The zero-order valence-corrected chi connectivity index (χ0v) is 28.8. The minimum atomic E-state index is 0.609. The second-order valence-electron chi connectivity index (χ2n) is 18.6. The molecule has 3 aromatic carbocycles. The van der Waals surface area contributed by atoms with Gasteiger partial charge in [0, 0.05) is 61.1 Å². The van der Waals surface area contributed by atoms with E-state index in [1.165, 1.54) is 136 Å². The summed E-state index contributed by atoms with van der Waals surface area (Å²) in [6.07, 6.45) is 18.4. The van der Waals surface area contributed by atoms with Crippen LogP contribution in [0.2, 0.25) is 0 Å². The number of rotatable bonds is 1. The molecule has 0 aliphatic heterocycles. The van der Waals surface area contributed by atoms with Crippen LogP contribution in [0, 0.1) is 29.1 Å². The Balaban J connectivity index is 1.11. The van der Waals surface area contributed by atoms with Crippen molar-refractivity contribution in [3.63, 3.8) is 0 Å². The van der Waals surface area contributed by atoms with Crippen molar-refractivity contribution in [3.05, 3.63) is 89.5 Å². The standard InChI is InChI=1S/C47H39N3O/c1-2-7-38-32(4-1)33-6-3-5-31(46(33)51-38)24-15-34-41-36(20-48-43-26-11-22-8-23(12-26)10-25(9-22)39(41)43)50-37-21-49-44-28-14-30-17-29-13-27(18-47(29,30)19-28)40(44)42(37)35(16-24)45(34)50/h1-7,15-16,20-23,25-30H,8-14,17-19H2. The zero-order chi connectivity index (χ0) is 32.5. The van der Waals surface area contributed by atoms with Gasteiger partial charge in [-0.25, -0.2) is 0 Å². The van der Waals surface area contributed by atoms with E-state index in [0.29, 0.717) is 29.1 Å². The van der Waals surface area contributed by atoms with Crippen LogP contribution < -0.4 is 0 Å². The van der Waals surface area contributed by atoms with Crippen molar-refractivity contribution in [2.24, 2.45) is 29.1 Å². The molecule has 5 fully saturated rings. The predicted octanol–water partition coefficient (Wildman–Crippen LogP) is 12.0. The van der Waals surface area contributed by atoms with E-state index in [4.69, 9.17) is 14.4 Å². The highest BCUT2D eigenvalue weighted by molar-refractivity contribution is 6.26. The fourth-order valence-corrected chi connectivity index (χ4v) is 15.1. The summed E-state index contributed by atoms with van der Waals surface area (Å²) in [4.78, 5) is 11.0. The maximum Gasteiger partial charge on any atom is 0.143 e. The fraction of sp³-hybridized carbons (Fsp3) is 0.404. The lowest BCUT2D eigenvalue weighted by atomic mass is 9.56. The largest absolute Gasteiger partial charge is 0.455 e. The number of furan rings is 1. The van der Waals surface area contributed by atoms with Gasteiger partial charge in [-0.05, 0) is 140 Å². The SMILES string of the molecule is c1ccc2c(c1)oc1c(-c3cc4c5c6c(ncc5n5c7cnc8c(c7c(c3)c45)C3CC4CC5CC8CC54C3)C3CC4CC(C3)CC6C4)cccc12. The van der Waals surface area contributed by atoms with E-state index in [9.17, 15) is 0 Å². The van der Waals surface area contributed by atoms with E-state index in [0.717, 1.165) is 34.8 Å². The van der Waals surface area contributed by atoms with Crippen molar-refractivity contribution in [1.29, 1.82) is 0 Å². The molecule has 4 nitrogen and oxygen atoms in total. The van der Waals surface area contributed by atoms with E-state index in [-0.39, 0.29) is 0 Å². The summed E-state index contributed by atoms with van der Waals surface area (Å²) in [6, 6.07) is 20.4. The minimum absolute atomic E-state index is 0.609. The number of nitrogens with zero attached hydrogens (tertiary/aromatic N) is 3. The molecule has 8 aliphatic rings. The second-order valence-corrected chi connectivity index (χ2v) is 18.6. The van der Waals surface area contributed by atoms with Crippen LogP contribution in [0.3, 0.4) is 0 Å². The van der Waals surface area contributed by atoms with Gasteiger partial charge >= 0.3 is 0 Å². The first kappa shape index (κ1) is 26.4. The van der Waals surface area contributed by atoms with Gasteiger partial charge < -0.3 is 8.82 Å². The van der Waals surface area contributed by atoms with Gasteiger partial charge in [-0.1, -0.05) is 36.4 Å². The van der Waals surface area contributed by atoms with Crippen LogP contribution in [0.5, 0.6) is 0 Å². The predicted molar refractivity (Wildman–Crippen MR) is 203 cm³/mol. The average Bonchev–Trinajstić information content (AvgIpc) is 3.89. The molecular weight excluding hydrogens is 623 g/mol. The van der Waals surface area contributed by atoms with Crippen LogP contribution >= 0.6 is 0 Å². The summed E-state index contributed by atoms with van der Waals surface area (Å²) in [5.74, 6) is 6.13. The van der Waals surface area contributed by atoms with Gasteiger partial charge in [0.2, 0.25) is 0 Å².